The number of hydrogen-bond acceptors (Lipinski definition) is 31. The third kappa shape index (κ3) is 12.9. The molecule has 96 heavy (non-hydrogen) atoms. The van der Waals surface area contributed by atoms with Gasteiger partial charge in [-0.05, 0) is 116 Å². The average Bonchev–Trinajstić information content (AvgIpc) is 0.676. The van der Waals surface area contributed by atoms with Crippen LogP contribution in [0.4, 0.5) is 0 Å². The lowest BCUT2D eigenvalue weighted by Crippen LogP contribution is -2.67. The van der Waals surface area contributed by atoms with Crippen LogP contribution >= 0.6 is 0 Å². The summed E-state index contributed by atoms with van der Waals surface area (Å²) in [5.74, 6) is -0.768. The normalized spacial score (nSPS) is 54.1. The second kappa shape index (κ2) is 28.3. The molecule has 31 heteroatoms. The maximum Gasteiger partial charge on any atom is 0.315 e. The molecule has 0 aromatic rings. The van der Waals surface area contributed by atoms with Crippen molar-refractivity contribution in [2.75, 3.05) is 33.0 Å². The van der Waals surface area contributed by atoms with E-state index in [1.165, 1.54) is 12.5 Å². The van der Waals surface area contributed by atoms with E-state index in [1.54, 1.807) is 0 Å². The molecule has 0 aromatic carbocycles. The number of allylic oxidation sites excluding steroid dienone is 2. The number of carbonyl (C=O) groups excluding carboxylic acids is 1. The number of hydrogen-bond donors (Lipinski definition) is 18. The predicted octanol–water partition coefficient (Wildman–Crippen LogP) is -4.72. The van der Waals surface area contributed by atoms with Crippen LogP contribution in [0.15, 0.2) is 11.6 Å². The summed E-state index contributed by atoms with van der Waals surface area (Å²) in [6.07, 6.45) is -40.1. The standard InChI is InChI=1S/C65H106O31/c1-25-36(69)41(74)46(79)54(87-25)94-51-30(22-68)90-53(50(83)45(51)78)85-23-31-39(72)44(77)49(82)57(91-31)96-59(84)65-17-15-60(2,3)19-27(65)26-9-10-34-62(6)13-12-35(61(4,5)33(62)11-14-64(34,8)63(26,7)16-18-65)93-58-52(95-56-48(81)43(76)38(71)29(21-67)89-56)40(73)32(24-86-58)92-55-47(80)42(75)37(70)28(20-66)88-55/h9,25,27-58,66-83H,10-24H2,1-8H3/t25-,27-,28+,29+,30+,31+,32-,33-,34+,35-,36-,37+,38+,39+,40-,41+,42-,43-,44-,45+,46+,47+,48+,49+,50+,51+,52+,53+,54-,55-,56-,57-,58-,62-,63+,64+,65-/m0/s1. The third-order valence-corrected chi connectivity index (χ3v) is 25.2. The second-order valence-corrected chi connectivity index (χ2v) is 31.5. The number of esters is 1. The van der Waals surface area contributed by atoms with Crippen molar-refractivity contribution in [3.8, 4) is 0 Å². The summed E-state index contributed by atoms with van der Waals surface area (Å²) >= 11 is 0. The molecule has 18 N–H and O–H groups in total. The molecule has 5 aliphatic carbocycles. The summed E-state index contributed by atoms with van der Waals surface area (Å²) in [4.78, 5) is 15.3. The molecule has 6 heterocycles. The van der Waals surface area contributed by atoms with E-state index in [1.807, 2.05) is 0 Å². The maximum atomic E-state index is 15.3. The van der Waals surface area contributed by atoms with E-state index in [4.69, 9.17) is 56.8 Å². The smallest absolute Gasteiger partial charge is 0.315 e. The molecule has 0 amide bonds. The van der Waals surface area contributed by atoms with Gasteiger partial charge in [-0.1, -0.05) is 60.1 Å². The van der Waals surface area contributed by atoms with Crippen molar-refractivity contribution in [3.63, 3.8) is 0 Å². The van der Waals surface area contributed by atoms with E-state index < -0.39 is 239 Å². The Morgan fingerprint density at radius 1 is 0.490 bits per heavy atom. The molecule has 10 fully saturated rings. The van der Waals surface area contributed by atoms with Gasteiger partial charge in [0.25, 0.3) is 0 Å². The highest BCUT2D eigenvalue weighted by Crippen LogP contribution is 2.76. The van der Waals surface area contributed by atoms with Crippen molar-refractivity contribution in [1.29, 1.82) is 0 Å². The van der Waals surface area contributed by atoms with Crippen molar-refractivity contribution in [2.24, 2.45) is 50.2 Å². The van der Waals surface area contributed by atoms with E-state index in [2.05, 4.69) is 54.5 Å². The Morgan fingerprint density at radius 2 is 1.01 bits per heavy atom. The van der Waals surface area contributed by atoms with Gasteiger partial charge in [0.1, 0.15) is 134 Å². The fraction of sp³-hybridized carbons (Fsp3) is 0.954. The Bertz CT molecular complexity index is 2690. The first kappa shape index (κ1) is 75.2. The predicted molar refractivity (Wildman–Crippen MR) is 321 cm³/mol. The molecule has 6 saturated heterocycles. The molecule has 0 unspecified atom stereocenters. The Labute approximate surface area is 556 Å². The SMILES string of the molecule is C[C@@H]1O[C@@H](O[C@H]2[C@H](O)[C@@H](O)[C@H](OC[C@H]3O[C@@H](OC(=O)[C@]45CCC(C)(C)C[C@H]4C4=CC[C@@H]6[C@@]7(C)CC[C@H](O[C@@H]8OC[C@H](O[C@@H]9O[C@H](CO)[C@@H](O)[C@H](O)[C@H]9O)[C@H](O)[C@H]8O[C@@H]8O[C@H](CO)[C@@H](O)[C@H](O)[C@H]8O)C(C)(C)[C@@H]7CC[C@@]6(C)[C@]4(C)CC5)[C@H](O)[C@@H](O)[C@@H]3O)O[C@@H]2CO)[C@H](O)[C@H](O)[C@H]1O. The van der Waals surface area contributed by atoms with Crippen LogP contribution < -0.4 is 0 Å². The fourth-order valence-electron chi connectivity index (χ4n) is 19.0. The first-order chi connectivity index (χ1) is 45.0. The summed E-state index contributed by atoms with van der Waals surface area (Å²) in [6, 6.07) is 0. The van der Waals surface area contributed by atoms with Gasteiger partial charge in [0.2, 0.25) is 6.29 Å². The fourth-order valence-corrected chi connectivity index (χ4v) is 19.0. The lowest BCUT2D eigenvalue weighted by Gasteiger charge is -2.71. The number of ether oxygens (including phenoxy) is 12. The van der Waals surface area contributed by atoms with Crippen molar-refractivity contribution in [2.45, 2.75) is 304 Å². The highest BCUT2D eigenvalue weighted by Gasteiger charge is 2.71. The molecular weight excluding hydrogens is 1280 g/mol. The van der Waals surface area contributed by atoms with Crippen molar-refractivity contribution >= 4 is 5.97 Å². The monoisotopic (exact) mass is 1380 g/mol. The zero-order valence-electron chi connectivity index (χ0n) is 55.6. The topological polar surface area (TPSA) is 492 Å². The van der Waals surface area contributed by atoms with Crippen LogP contribution in [-0.4, -0.2) is 315 Å². The quantitative estimate of drug-likeness (QED) is 0.0392. The summed E-state index contributed by atoms with van der Waals surface area (Å²) in [5.41, 5.74) is -1.71. The Kier molecular flexibility index (Phi) is 22.1. The van der Waals surface area contributed by atoms with Gasteiger partial charge in [-0.3, -0.25) is 4.79 Å². The molecule has 37 atom stereocenters. The van der Waals surface area contributed by atoms with Crippen molar-refractivity contribution in [1.82, 2.24) is 0 Å². The van der Waals surface area contributed by atoms with Gasteiger partial charge in [0.05, 0.1) is 50.7 Å². The van der Waals surface area contributed by atoms with E-state index in [0.29, 0.717) is 51.4 Å². The Morgan fingerprint density at radius 3 is 1.62 bits per heavy atom. The van der Waals surface area contributed by atoms with Gasteiger partial charge in [-0.25, -0.2) is 0 Å². The maximum absolute atomic E-state index is 15.3. The van der Waals surface area contributed by atoms with Crippen molar-refractivity contribution in [3.05, 3.63) is 11.6 Å². The molecule has 0 aromatic heterocycles. The number of fused-ring (bicyclic) bond motifs is 7. The molecule has 31 nitrogen and oxygen atoms in total. The van der Waals surface area contributed by atoms with Crippen LogP contribution in [0.2, 0.25) is 0 Å². The Hall–Kier alpha value is -1.95. The van der Waals surface area contributed by atoms with Crippen LogP contribution in [0.5, 0.6) is 0 Å². The van der Waals surface area contributed by atoms with Crippen molar-refractivity contribution < 1.29 is 154 Å². The number of aliphatic hydroxyl groups is 18. The lowest BCUT2D eigenvalue weighted by atomic mass is 9.33. The highest BCUT2D eigenvalue weighted by molar-refractivity contribution is 5.79. The summed E-state index contributed by atoms with van der Waals surface area (Å²) < 4.78 is 71.8. The Balaban J connectivity index is 0.781. The molecule has 11 aliphatic rings. The second-order valence-electron chi connectivity index (χ2n) is 31.5. The van der Waals surface area contributed by atoms with Crippen LogP contribution in [0.1, 0.15) is 120 Å². The molecule has 552 valence electrons. The van der Waals surface area contributed by atoms with Crippen LogP contribution in [-0.2, 0) is 61.6 Å². The minimum absolute atomic E-state index is 0.0452. The summed E-state index contributed by atoms with van der Waals surface area (Å²) in [5, 5.41) is 194. The first-order valence-electron chi connectivity index (χ1n) is 34.1. The van der Waals surface area contributed by atoms with Crippen LogP contribution in [0.3, 0.4) is 0 Å². The zero-order valence-corrected chi connectivity index (χ0v) is 55.6. The van der Waals surface area contributed by atoms with E-state index in [-0.39, 0.29) is 34.0 Å². The average molecular weight is 1380 g/mol. The molecule has 0 radical (unpaired) electrons. The molecule has 11 rings (SSSR count). The number of aliphatic hydroxyl groups excluding tert-OH is 18. The van der Waals surface area contributed by atoms with Crippen LogP contribution in [0.25, 0.3) is 0 Å². The van der Waals surface area contributed by atoms with Gasteiger partial charge in [0, 0.05) is 0 Å². The summed E-state index contributed by atoms with van der Waals surface area (Å²) in [7, 11) is 0. The molecular formula is C65H106O31. The molecule has 0 spiro atoms. The van der Waals surface area contributed by atoms with E-state index >= 15 is 4.79 Å². The van der Waals surface area contributed by atoms with Gasteiger partial charge < -0.3 is 149 Å². The van der Waals surface area contributed by atoms with E-state index in [9.17, 15) is 91.9 Å². The minimum atomic E-state index is -1.92. The van der Waals surface area contributed by atoms with E-state index in [0.717, 1.165) is 12.8 Å². The molecule has 6 aliphatic heterocycles. The number of rotatable bonds is 16. The molecule has 0 bridgehead atoms. The number of carbonyl (C=O) groups is 1. The van der Waals surface area contributed by atoms with Gasteiger partial charge in [-0.2, -0.15) is 0 Å². The largest absolute Gasteiger partial charge is 0.432 e. The van der Waals surface area contributed by atoms with Crippen LogP contribution in [0, 0.1) is 50.2 Å². The van der Waals surface area contributed by atoms with Gasteiger partial charge in [-0.15, -0.1) is 0 Å². The minimum Gasteiger partial charge on any atom is -0.432 e. The lowest BCUT2D eigenvalue weighted by molar-refractivity contribution is -0.382. The van der Waals surface area contributed by atoms with Gasteiger partial charge >= 0.3 is 5.97 Å². The summed E-state index contributed by atoms with van der Waals surface area (Å²) in [6.45, 7) is 13.7. The highest BCUT2D eigenvalue weighted by atomic mass is 16.8. The third-order valence-electron chi connectivity index (χ3n) is 25.2. The van der Waals surface area contributed by atoms with Gasteiger partial charge in [0.15, 0.2) is 31.5 Å². The first-order valence-corrected chi connectivity index (χ1v) is 34.1. The zero-order chi connectivity index (χ0) is 70.0. The molecule has 4 saturated carbocycles.